The highest BCUT2D eigenvalue weighted by molar-refractivity contribution is 5.90. The number of ether oxygens (including phenoxy) is 1. The van der Waals surface area contributed by atoms with Crippen molar-refractivity contribution in [3.05, 3.63) is 59.4 Å². The van der Waals surface area contributed by atoms with E-state index in [1.807, 2.05) is 19.1 Å². The smallest absolute Gasteiger partial charge is 0.341 e. The summed E-state index contributed by atoms with van der Waals surface area (Å²) in [5, 5.41) is 0. The van der Waals surface area contributed by atoms with Gasteiger partial charge in [-0.1, -0.05) is 50.6 Å². The molecule has 0 atom stereocenters. The molecule has 0 aliphatic heterocycles. The number of halogens is 1. The second kappa shape index (κ2) is 7.74. The predicted octanol–water partition coefficient (Wildman–Crippen LogP) is 5.01. The molecule has 3 heteroatoms. The van der Waals surface area contributed by atoms with E-state index in [0.717, 1.165) is 30.4 Å². The summed E-state index contributed by atoms with van der Waals surface area (Å²) in [4.78, 5) is 11.7. The Morgan fingerprint density at radius 2 is 1.68 bits per heavy atom. The first kappa shape index (κ1) is 16.2. The lowest BCUT2D eigenvalue weighted by molar-refractivity contribution is 0.0500. The van der Waals surface area contributed by atoms with Gasteiger partial charge in [-0.25, -0.2) is 9.18 Å². The van der Waals surface area contributed by atoms with Crippen molar-refractivity contribution < 1.29 is 13.9 Å². The van der Waals surface area contributed by atoms with E-state index in [9.17, 15) is 9.18 Å². The van der Waals surface area contributed by atoms with Crippen molar-refractivity contribution in [2.45, 2.75) is 33.1 Å². The molecule has 0 aliphatic rings. The van der Waals surface area contributed by atoms with Gasteiger partial charge in [0.05, 0.1) is 12.2 Å². The summed E-state index contributed by atoms with van der Waals surface area (Å²) in [6, 6.07) is 12.7. The zero-order valence-corrected chi connectivity index (χ0v) is 13.1. The Kier molecular flexibility index (Phi) is 5.70. The van der Waals surface area contributed by atoms with Crippen LogP contribution in [-0.4, -0.2) is 12.6 Å². The van der Waals surface area contributed by atoms with Crippen LogP contribution in [0.1, 0.15) is 42.6 Å². The van der Waals surface area contributed by atoms with Gasteiger partial charge in [-0.3, -0.25) is 0 Å². The van der Waals surface area contributed by atoms with Crippen LogP contribution in [0.4, 0.5) is 4.39 Å². The maximum absolute atomic E-state index is 14.1. The summed E-state index contributed by atoms with van der Waals surface area (Å²) >= 11 is 0. The zero-order chi connectivity index (χ0) is 15.9. The fraction of sp³-hybridized carbons (Fsp3) is 0.316. The number of carbonyl (C=O) groups excluding carboxylic acids is 1. The molecule has 0 heterocycles. The minimum absolute atomic E-state index is 0.0141. The number of carbonyl (C=O) groups is 1. The molecule has 0 bridgehead atoms. The van der Waals surface area contributed by atoms with Crippen molar-refractivity contribution in [3.63, 3.8) is 0 Å². The molecule has 0 aromatic heterocycles. The SMILES string of the molecule is CCCOC(=O)c1ccc(-c2ccc(CCC)cc2)cc1F. The predicted molar refractivity (Wildman–Crippen MR) is 86.4 cm³/mol. The second-order valence-electron chi connectivity index (χ2n) is 5.28. The topological polar surface area (TPSA) is 26.3 Å². The molecule has 2 aromatic carbocycles. The fourth-order valence-corrected chi connectivity index (χ4v) is 2.29. The molecular formula is C19H21FO2. The third-order valence-corrected chi connectivity index (χ3v) is 3.45. The largest absolute Gasteiger partial charge is 0.462 e. The normalized spacial score (nSPS) is 10.5. The van der Waals surface area contributed by atoms with Crippen molar-refractivity contribution >= 4 is 5.97 Å². The average Bonchev–Trinajstić information content (AvgIpc) is 2.53. The number of aryl methyl sites for hydroxylation is 1. The van der Waals surface area contributed by atoms with Gasteiger partial charge in [0.2, 0.25) is 0 Å². The average molecular weight is 300 g/mol. The van der Waals surface area contributed by atoms with Crippen molar-refractivity contribution in [2.24, 2.45) is 0 Å². The van der Waals surface area contributed by atoms with Crippen molar-refractivity contribution in [1.29, 1.82) is 0 Å². The molecular weight excluding hydrogens is 279 g/mol. The summed E-state index contributed by atoms with van der Waals surface area (Å²) in [5.41, 5.74) is 2.95. The van der Waals surface area contributed by atoms with E-state index in [1.165, 1.54) is 17.7 Å². The molecule has 0 spiro atoms. The highest BCUT2D eigenvalue weighted by atomic mass is 19.1. The number of hydrogen-bond donors (Lipinski definition) is 0. The van der Waals surface area contributed by atoms with Gasteiger partial charge in [0.1, 0.15) is 5.82 Å². The van der Waals surface area contributed by atoms with E-state index in [2.05, 4.69) is 19.1 Å². The molecule has 0 aliphatic carbocycles. The summed E-state index contributed by atoms with van der Waals surface area (Å²) in [6.07, 6.45) is 2.86. The van der Waals surface area contributed by atoms with Gasteiger partial charge in [-0.05, 0) is 41.7 Å². The molecule has 22 heavy (non-hydrogen) atoms. The molecule has 0 radical (unpaired) electrons. The Labute approximate surface area is 130 Å². The molecule has 2 nitrogen and oxygen atoms in total. The van der Waals surface area contributed by atoms with Gasteiger partial charge < -0.3 is 4.74 Å². The Morgan fingerprint density at radius 1 is 1.00 bits per heavy atom. The van der Waals surface area contributed by atoms with E-state index >= 15 is 0 Å². The summed E-state index contributed by atoms with van der Waals surface area (Å²) < 4.78 is 19.1. The van der Waals surface area contributed by atoms with E-state index in [0.29, 0.717) is 6.61 Å². The highest BCUT2D eigenvalue weighted by Gasteiger charge is 2.13. The van der Waals surface area contributed by atoms with Crippen LogP contribution in [0.3, 0.4) is 0 Å². The van der Waals surface area contributed by atoms with Crippen LogP contribution in [0.5, 0.6) is 0 Å². The second-order valence-corrected chi connectivity index (χ2v) is 5.28. The molecule has 0 amide bonds. The van der Waals surface area contributed by atoms with Gasteiger partial charge in [-0.15, -0.1) is 0 Å². The number of rotatable bonds is 6. The first-order valence-electron chi connectivity index (χ1n) is 7.71. The van der Waals surface area contributed by atoms with Crippen molar-refractivity contribution in [1.82, 2.24) is 0 Å². The Morgan fingerprint density at radius 3 is 2.27 bits per heavy atom. The van der Waals surface area contributed by atoms with Gasteiger partial charge in [0.25, 0.3) is 0 Å². The molecule has 0 saturated carbocycles. The monoisotopic (exact) mass is 300 g/mol. The first-order chi connectivity index (χ1) is 10.7. The molecule has 2 aromatic rings. The van der Waals surface area contributed by atoms with E-state index in [4.69, 9.17) is 4.74 Å². The minimum atomic E-state index is -0.607. The Balaban J connectivity index is 2.19. The maximum atomic E-state index is 14.1. The zero-order valence-electron chi connectivity index (χ0n) is 13.1. The maximum Gasteiger partial charge on any atom is 0.341 e. The van der Waals surface area contributed by atoms with Crippen LogP contribution in [0.2, 0.25) is 0 Å². The van der Waals surface area contributed by atoms with E-state index < -0.39 is 11.8 Å². The Hall–Kier alpha value is -2.16. The molecule has 0 saturated heterocycles. The number of benzene rings is 2. The lowest BCUT2D eigenvalue weighted by Gasteiger charge is -2.07. The van der Waals surface area contributed by atoms with Crippen LogP contribution >= 0.6 is 0 Å². The van der Waals surface area contributed by atoms with E-state index in [1.54, 1.807) is 6.07 Å². The molecule has 0 unspecified atom stereocenters. The number of hydrogen-bond acceptors (Lipinski definition) is 2. The quantitative estimate of drug-likeness (QED) is 0.701. The van der Waals surface area contributed by atoms with Crippen LogP contribution in [0.15, 0.2) is 42.5 Å². The lowest BCUT2D eigenvalue weighted by Crippen LogP contribution is -2.08. The third-order valence-electron chi connectivity index (χ3n) is 3.45. The van der Waals surface area contributed by atoms with Crippen LogP contribution in [-0.2, 0) is 11.2 Å². The molecule has 116 valence electrons. The lowest BCUT2D eigenvalue weighted by atomic mass is 10.0. The highest BCUT2D eigenvalue weighted by Crippen LogP contribution is 2.23. The molecule has 0 fully saturated rings. The summed E-state index contributed by atoms with van der Waals surface area (Å²) in [7, 11) is 0. The van der Waals surface area contributed by atoms with Gasteiger partial charge in [-0.2, -0.15) is 0 Å². The minimum Gasteiger partial charge on any atom is -0.462 e. The number of esters is 1. The third kappa shape index (κ3) is 3.94. The molecule has 2 rings (SSSR count). The van der Waals surface area contributed by atoms with Gasteiger partial charge in [0.15, 0.2) is 0 Å². The first-order valence-corrected chi connectivity index (χ1v) is 7.71. The van der Waals surface area contributed by atoms with Crippen LogP contribution in [0, 0.1) is 5.82 Å². The standard InChI is InChI=1S/C19H21FO2/c1-3-5-14-6-8-15(9-7-14)16-10-11-17(18(20)13-16)19(21)22-12-4-2/h6-11,13H,3-5,12H2,1-2H3. The Bertz CT molecular complexity index is 632. The van der Waals surface area contributed by atoms with E-state index in [-0.39, 0.29) is 5.56 Å². The molecule has 0 N–H and O–H groups in total. The van der Waals surface area contributed by atoms with Crippen molar-refractivity contribution in [3.8, 4) is 11.1 Å². The van der Waals surface area contributed by atoms with Gasteiger partial charge in [0, 0.05) is 0 Å². The van der Waals surface area contributed by atoms with Gasteiger partial charge >= 0.3 is 5.97 Å². The van der Waals surface area contributed by atoms with Crippen LogP contribution in [0.25, 0.3) is 11.1 Å². The summed E-state index contributed by atoms with van der Waals surface area (Å²) in [6.45, 7) is 4.34. The summed E-state index contributed by atoms with van der Waals surface area (Å²) in [5.74, 6) is -1.15. The van der Waals surface area contributed by atoms with Crippen LogP contribution < -0.4 is 0 Å². The van der Waals surface area contributed by atoms with Crippen molar-refractivity contribution in [2.75, 3.05) is 6.61 Å². The fourth-order valence-electron chi connectivity index (χ4n) is 2.29.